The molecule has 1 aromatic rings. The van der Waals surface area contributed by atoms with Crippen LogP contribution in [0.15, 0.2) is 18.5 Å². The third-order valence-corrected chi connectivity index (χ3v) is 2.89. The van der Waals surface area contributed by atoms with Crippen LogP contribution in [0, 0.1) is 0 Å². The lowest BCUT2D eigenvalue weighted by Gasteiger charge is -1.97. The molecule has 0 fully saturated rings. The third kappa shape index (κ3) is 1.67. The molecule has 0 N–H and O–H groups in total. The van der Waals surface area contributed by atoms with E-state index >= 15 is 0 Å². The van der Waals surface area contributed by atoms with Gasteiger partial charge in [0.1, 0.15) is 0 Å². The molecule has 0 bridgehead atoms. The second kappa shape index (κ2) is 4.27. The summed E-state index contributed by atoms with van der Waals surface area (Å²) < 4.78 is 0. The summed E-state index contributed by atoms with van der Waals surface area (Å²) in [4.78, 5) is 1.24. The molecule has 0 aliphatic carbocycles. The van der Waals surface area contributed by atoms with Crippen molar-refractivity contribution in [2.45, 2.75) is 19.8 Å². The quantitative estimate of drug-likeness (QED) is 0.654. The molecule has 1 rings (SSSR count). The summed E-state index contributed by atoms with van der Waals surface area (Å²) >= 11 is 1.75. The Morgan fingerprint density at radius 3 is 2.67 bits per heavy atom. The van der Waals surface area contributed by atoms with Crippen molar-refractivity contribution in [1.29, 1.82) is 0 Å². The van der Waals surface area contributed by atoms with Gasteiger partial charge in [-0.1, -0.05) is 38.7 Å². The Hall–Kier alpha value is -0.820. The second-order valence-corrected chi connectivity index (χ2v) is 3.61. The van der Waals surface area contributed by atoms with Gasteiger partial charge in [-0.15, -0.1) is 11.3 Å². The molecule has 0 atom stereocenters. The number of thiophene rings is 1. The molecule has 0 radical (unpaired) electrons. The van der Waals surface area contributed by atoms with E-state index in [1.54, 1.807) is 11.3 Å². The fourth-order valence-corrected chi connectivity index (χ4v) is 2.22. The monoisotopic (exact) mass is 178 g/mol. The molecule has 0 aliphatic rings. The number of hydrogen-bond acceptors (Lipinski definition) is 1. The SMILES string of the molecule is C=Cc1scc(CCC)c1C=C. The number of aryl methyl sites for hydroxylation is 1. The predicted molar refractivity (Wildman–Crippen MR) is 58.5 cm³/mol. The van der Waals surface area contributed by atoms with Crippen LogP contribution in [0.3, 0.4) is 0 Å². The maximum atomic E-state index is 3.81. The zero-order valence-corrected chi connectivity index (χ0v) is 8.29. The Labute approximate surface area is 78.2 Å². The van der Waals surface area contributed by atoms with E-state index in [2.05, 4.69) is 25.5 Å². The van der Waals surface area contributed by atoms with Crippen molar-refractivity contribution in [3.05, 3.63) is 34.5 Å². The molecule has 0 saturated carbocycles. The first-order valence-corrected chi connectivity index (χ1v) is 5.06. The minimum Gasteiger partial charge on any atom is -0.144 e. The average molecular weight is 178 g/mol. The molecule has 64 valence electrons. The first-order chi connectivity index (χ1) is 5.83. The molecule has 1 aromatic heterocycles. The maximum Gasteiger partial charge on any atom is 0.0339 e. The molecule has 0 aromatic carbocycles. The Balaban J connectivity index is 3.04. The van der Waals surface area contributed by atoms with E-state index in [1.807, 2.05) is 12.2 Å². The van der Waals surface area contributed by atoms with Crippen LogP contribution in [0.25, 0.3) is 12.2 Å². The fourth-order valence-electron chi connectivity index (χ4n) is 1.27. The van der Waals surface area contributed by atoms with E-state index < -0.39 is 0 Å². The molecule has 12 heavy (non-hydrogen) atoms. The fraction of sp³-hybridized carbons (Fsp3) is 0.273. The highest BCUT2D eigenvalue weighted by Gasteiger charge is 2.04. The molecule has 0 amide bonds. The minimum atomic E-state index is 1.14. The van der Waals surface area contributed by atoms with Crippen LogP contribution in [-0.2, 0) is 6.42 Å². The maximum absolute atomic E-state index is 3.81. The second-order valence-electron chi connectivity index (χ2n) is 2.70. The van der Waals surface area contributed by atoms with Crippen molar-refractivity contribution in [2.75, 3.05) is 0 Å². The van der Waals surface area contributed by atoms with E-state index in [0.717, 1.165) is 6.42 Å². The standard InChI is InChI=1S/C11H14S/c1-4-7-9-8-12-11(6-3)10(9)5-2/h5-6,8H,2-4,7H2,1H3. The lowest BCUT2D eigenvalue weighted by molar-refractivity contribution is 0.924. The summed E-state index contributed by atoms with van der Waals surface area (Å²) in [7, 11) is 0. The van der Waals surface area contributed by atoms with E-state index in [9.17, 15) is 0 Å². The van der Waals surface area contributed by atoms with Gasteiger partial charge in [-0.05, 0) is 22.9 Å². The Morgan fingerprint density at radius 1 is 1.42 bits per heavy atom. The molecule has 0 spiro atoms. The lowest BCUT2D eigenvalue weighted by Crippen LogP contribution is -1.82. The normalized spacial score (nSPS) is 9.75. The van der Waals surface area contributed by atoms with Crippen LogP contribution in [0.4, 0.5) is 0 Å². The van der Waals surface area contributed by atoms with E-state index in [-0.39, 0.29) is 0 Å². The van der Waals surface area contributed by atoms with Crippen molar-refractivity contribution in [1.82, 2.24) is 0 Å². The summed E-state index contributed by atoms with van der Waals surface area (Å²) in [5.74, 6) is 0. The molecule has 1 heteroatoms. The van der Waals surface area contributed by atoms with Crippen molar-refractivity contribution in [3.8, 4) is 0 Å². The first-order valence-electron chi connectivity index (χ1n) is 4.18. The van der Waals surface area contributed by atoms with Gasteiger partial charge >= 0.3 is 0 Å². The number of rotatable bonds is 4. The third-order valence-electron chi connectivity index (χ3n) is 1.85. The van der Waals surface area contributed by atoms with Crippen LogP contribution in [0.5, 0.6) is 0 Å². The molecule has 1 heterocycles. The summed E-state index contributed by atoms with van der Waals surface area (Å²) in [6.07, 6.45) is 6.17. The highest BCUT2D eigenvalue weighted by atomic mass is 32.1. The van der Waals surface area contributed by atoms with Gasteiger partial charge in [-0.25, -0.2) is 0 Å². The highest BCUT2D eigenvalue weighted by molar-refractivity contribution is 7.11. The minimum absolute atomic E-state index is 1.14. The van der Waals surface area contributed by atoms with E-state index in [0.29, 0.717) is 0 Å². The zero-order chi connectivity index (χ0) is 8.97. The van der Waals surface area contributed by atoms with Gasteiger partial charge < -0.3 is 0 Å². The topological polar surface area (TPSA) is 0 Å². The van der Waals surface area contributed by atoms with Crippen molar-refractivity contribution >= 4 is 23.5 Å². The average Bonchev–Trinajstić information content (AvgIpc) is 2.47. The Morgan fingerprint density at radius 2 is 2.17 bits per heavy atom. The van der Waals surface area contributed by atoms with Crippen LogP contribution >= 0.6 is 11.3 Å². The van der Waals surface area contributed by atoms with Gasteiger partial charge in [0, 0.05) is 4.88 Å². The Bertz CT molecular complexity index is 281. The number of hydrogen-bond donors (Lipinski definition) is 0. The van der Waals surface area contributed by atoms with Crippen LogP contribution in [-0.4, -0.2) is 0 Å². The van der Waals surface area contributed by atoms with Gasteiger partial charge in [0.05, 0.1) is 0 Å². The molecule has 0 nitrogen and oxygen atoms in total. The summed E-state index contributed by atoms with van der Waals surface area (Å²) in [6, 6.07) is 0. The lowest BCUT2D eigenvalue weighted by atomic mass is 10.1. The van der Waals surface area contributed by atoms with E-state index in [1.165, 1.54) is 22.4 Å². The molecular weight excluding hydrogens is 164 g/mol. The zero-order valence-electron chi connectivity index (χ0n) is 7.47. The summed E-state index contributed by atoms with van der Waals surface area (Å²) in [5, 5.41) is 2.21. The van der Waals surface area contributed by atoms with Crippen molar-refractivity contribution < 1.29 is 0 Å². The van der Waals surface area contributed by atoms with E-state index in [4.69, 9.17) is 0 Å². The first kappa shape index (κ1) is 9.27. The largest absolute Gasteiger partial charge is 0.144 e. The van der Waals surface area contributed by atoms with Gasteiger partial charge in [-0.2, -0.15) is 0 Å². The summed E-state index contributed by atoms with van der Waals surface area (Å²) in [5.41, 5.74) is 2.68. The van der Waals surface area contributed by atoms with Gasteiger partial charge in [0.15, 0.2) is 0 Å². The molecule has 0 unspecified atom stereocenters. The predicted octanol–water partition coefficient (Wildman–Crippen LogP) is 3.99. The molecular formula is C11H14S. The highest BCUT2D eigenvalue weighted by Crippen LogP contribution is 2.25. The molecule has 0 aliphatic heterocycles. The van der Waals surface area contributed by atoms with Crippen LogP contribution in [0.2, 0.25) is 0 Å². The Kier molecular flexibility index (Phi) is 3.30. The molecule has 0 saturated heterocycles. The summed E-state index contributed by atoms with van der Waals surface area (Å²) in [6.45, 7) is 9.78. The van der Waals surface area contributed by atoms with Gasteiger partial charge in [-0.3, -0.25) is 0 Å². The van der Waals surface area contributed by atoms with Crippen LogP contribution in [0.1, 0.15) is 29.3 Å². The van der Waals surface area contributed by atoms with Gasteiger partial charge in [0.25, 0.3) is 0 Å². The smallest absolute Gasteiger partial charge is 0.0339 e. The van der Waals surface area contributed by atoms with Gasteiger partial charge in [0.2, 0.25) is 0 Å². The van der Waals surface area contributed by atoms with Crippen molar-refractivity contribution in [2.24, 2.45) is 0 Å². The van der Waals surface area contributed by atoms with Crippen molar-refractivity contribution in [3.63, 3.8) is 0 Å². The van der Waals surface area contributed by atoms with Crippen LogP contribution < -0.4 is 0 Å².